The van der Waals surface area contributed by atoms with Crippen LogP contribution in [0.1, 0.15) is 44.5 Å². The third-order valence-electron chi connectivity index (χ3n) is 24.4. The molecule has 0 saturated heterocycles. The molecule has 2 aromatic heterocycles. The van der Waals surface area contributed by atoms with E-state index in [0.717, 1.165) is 106 Å². The minimum absolute atomic E-state index is 0.428. The monoisotopic (exact) mass is 1420 g/mol. The van der Waals surface area contributed by atoms with Gasteiger partial charge in [0, 0.05) is 33.4 Å². The molecule has 0 fully saturated rings. The van der Waals surface area contributed by atoms with Crippen molar-refractivity contribution in [2.24, 2.45) is 0 Å². The Labute approximate surface area is 649 Å². The number of rotatable bonds is 10. The Morgan fingerprint density at radius 2 is 0.491 bits per heavy atom. The van der Waals surface area contributed by atoms with Gasteiger partial charge in [0.05, 0.1) is 33.6 Å². The van der Waals surface area contributed by atoms with Crippen molar-refractivity contribution in [3.05, 3.63) is 445 Å². The molecule has 0 aliphatic heterocycles. The average molecular weight is 1420 g/mol. The standard InChI is InChI=1S/C108H66N4/c1-3-25-69(26-4-1)76-61-62-90(79-31-8-7-30-78(76)79)106-109-100(65-101(110-106)72-55-51-68(52-56-72)74-58-60-86-85-37-15-21-46-96(85)108(99(86)64-74)94-44-19-13-35-83(94)84-36-14-20-45-95(84)108)71-53-49-67(50-54-71)73-57-59-77-75(63-73)29-23-40-87(77)103-66-102(70-27-5-2-6-28-70)111-105(112-103)89-38-10-9-32-80(89)88-41-24-48-98-104(88)91-39-16-22-47-97(91)107(98)92-42-17-11-33-81(92)82-34-12-18-43-93(82)107/h1-66H. The number of aromatic nitrogens is 4. The zero-order valence-corrected chi connectivity index (χ0v) is 60.9. The number of fused-ring (bicyclic) bond motifs is 22. The lowest BCUT2D eigenvalue weighted by molar-refractivity contribution is 0.794. The molecule has 17 aromatic carbocycles. The molecule has 2 heterocycles. The minimum atomic E-state index is -0.472. The molecule has 0 radical (unpaired) electrons. The Balaban J connectivity index is 0.607. The van der Waals surface area contributed by atoms with Gasteiger partial charge in [-0.25, -0.2) is 19.9 Å². The first kappa shape index (κ1) is 63.5. The van der Waals surface area contributed by atoms with Gasteiger partial charge in [-0.05, 0) is 185 Å². The van der Waals surface area contributed by atoms with Gasteiger partial charge in [0.25, 0.3) is 0 Å². The van der Waals surface area contributed by atoms with Crippen LogP contribution in [0.2, 0.25) is 0 Å². The normalized spacial score (nSPS) is 13.1. The van der Waals surface area contributed by atoms with Crippen LogP contribution < -0.4 is 0 Å². The van der Waals surface area contributed by atoms with Gasteiger partial charge in [0.15, 0.2) is 11.6 Å². The molecule has 112 heavy (non-hydrogen) atoms. The maximum atomic E-state index is 5.64. The lowest BCUT2D eigenvalue weighted by atomic mass is 9.70. The molecule has 0 atom stereocenters. The van der Waals surface area contributed by atoms with Crippen LogP contribution >= 0.6 is 0 Å². The predicted molar refractivity (Wildman–Crippen MR) is 460 cm³/mol. The highest BCUT2D eigenvalue weighted by atomic mass is 14.9. The van der Waals surface area contributed by atoms with Crippen molar-refractivity contribution in [1.29, 1.82) is 0 Å². The summed E-state index contributed by atoms with van der Waals surface area (Å²) < 4.78 is 0. The highest BCUT2D eigenvalue weighted by Crippen LogP contribution is 2.66. The SMILES string of the molecule is c1ccc(-c2cc(-c3cccc4cc(-c5ccc(-c6cc(-c7ccc(-c8ccc9c(c8)C8(c%10ccccc%10-c%10ccccc%108)c8ccccc8-9)cc7)nc(-c7ccc(-c8ccccc8)c8ccccc78)n6)cc5)ccc34)nc(-c3ccccc3-c3cccc4c3-c3ccccc3C43c4ccccc4-c4ccccc43)n2)cc1. The zero-order chi connectivity index (χ0) is 73.6. The second-order valence-electron chi connectivity index (χ2n) is 30.1. The summed E-state index contributed by atoms with van der Waals surface area (Å²) in [5.41, 5.74) is 38.4. The summed E-state index contributed by atoms with van der Waals surface area (Å²) in [5.74, 6) is 1.33. The molecule has 0 N–H and O–H groups in total. The first-order chi connectivity index (χ1) is 55.5. The van der Waals surface area contributed by atoms with Crippen LogP contribution in [0, 0.1) is 0 Å². The van der Waals surface area contributed by atoms with E-state index >= 15 is 0 Å². The number of hydrogen-bond donors (Lipinski definition) is 0. The fourth-order valence-electron chi connectivity index (χ4n) is 19.6. The Hall–Kier alpha value is -14.6. The van der Waals surface area contributed by atoms with Crippen LogP contribution in [-0.2, 0) is 10.8 Å². The fourth-order valence-corrected chi connectivity index (χ4v) is 19.6. The van der Waals surface area contributed by atoms with Crippen LogP contribution in [0.3, 0.4) is 0 Å². The lowest BCUT2D eigenvalue weighted by Gasteiger charge is -2.30. The molecule has 4 nitrogen and oxygen atoms in total. The van der Waals surface area contributed by atoms with Crippen molar-refractivity contribution in [2.75, 3.05) is 0 Å². The molecule has 0 unspecified atom stereocenters. The van der Waals surface area contributed by atoms with Gasteiger partial charge in [-0.2, -0.15) is 0 Å². The fraction of sp³-hybridized carbons (Fsp3) is 0.0185. The average Bonchev–Trinajstić information content (AvgIpc) is 1.51. The summed E-state index contributed by atoms with van der Waals surface area (Å²) in [4.78, 5) is 22.2. The first-order valence-corrected chi connectivity index (χ1v) is 38.7. The molecule has 4 heteroatoms. The maximum Gasteiger partial charge on any atom is 0.161 e. The van der Waals surface area contributed by atoms with Crippen LogP contribution in [0.15, 0.2) is 400 Å². The highest BCUT2D eigenvalue weighted by Gasteiger charge is 2.53. The quantitative estimate of drug-likeness (QED) is 0.137. The van der Waals surface area contributed by atoms with Crippen LogP contribution in [0.4, 0.5) is 0 Å². The Bertz CT molecular complexity index is 7010. The van der Waals surface area contributed by atoms with E-state index in [9.17, 15) is 0 Å². The van der Waals surface area contributed by atoms with Gasteiger partial charge in [-0.1, -0.05) is 370 Å². The van der Waals surface area contributed by atoms with Crippen molar-refractivity contribution < 1.29 is 0 Å². The first-order valence-electron chi connectivity index (χ1n) is 38.7. The highest BCUT2D eigenvalue weighted by molar-refractivity contribution is 6.06. The number of hydrogen-bond acceptors (Lipinski definition) is 4. The Kier molecular flexibility index (Phi) is 14.2. The largest absolute Gasteiger partial charge is 0.228 e. The zero-order valence-electron chi connectivity index (χ0n) is 60.9. The molecular formula is C108H66N4. The minimum Gasteiger partial charge on any atom is -0.228 e. The van der Waals surface area contributed by atoms with Crippen LogP contribution in [0.25, 0.3) is 178 Å². The van der Waals surface area contributed by atoms with Crippen LogP contribution in [-0.4, -0.2) is 19.9 Å². The Morgan fingerprint density at radius 1 is 0.152 bits per heavy atom. The van der Waals surface area contributed by atoms with Crippen molar-refractivity contribution in [2.45, 2.75) is 10.8 Å². The van der Waals surface area contributed by atoms with Gasteiger partial charge < -0.3 is 0 Å². The molecule has 2 spiro atoms. The molecule has 0 amide bonds. The summed E-state index contributed by atoms with van der Waals surface area (Å²) in [6.07, 6.45) is 0. The van der Waals surface area contributed by atoms with Crippen molar-refractivity contribution in [1.82, 2.24) is 19.9 Å². The molecule has 0 bridgehead atoms. The van der Waals surface area contributed by atoms with E-state index in [1.54, 1.807) is 0 Å². The third-order valence-corrected chi connectivity index (χ3v) is 24.4. The molecule has 4 aliphatic rings. The van der Waals surface area contributed by atoms with Gasteiger partial charge in [0.1, 0.15) is 0 Å². The van der Waals surface area contributed by atoms with Gasteiger partial charge in [0.2, 0.25) is 0 Å². The van der Waals surface area contributed by atoms with Crippen molar-refractivity contribution in [3.8, 4) is 157 Å². The summed E-state index contributed by atoms with van der Waals surface area (Å²) in [7, 11) is 0. The topological polar surface area (TPSA) is 51.6 Å². The van der Waals surface area contributed by atoms with E-state index in [1.807, 2.05) is 0 Å². The smallest absolute Gasteiger partial charge is 0.161 e. The maximum absolute atomic E-state index is 5.64. The van der Waals surface area contributed by atoms with Gasteiger partial charge in [-0.15, -0.1) is 0 Å². The van der Waals surface area contributed by atoms with E-state index in [0.29, 0.717) is 11.6 Å². The van der Waals surface area contributed by atoms with Gasteiger partial charge in [-0.3, -0.25) is 0 Å². The second-order valence-corrected chi connectivity index (χ2v) is 30.1. The second kappa shape index (κ2) is 25.0. The lowest BCUT2D eigenvalue weighted by Crippen LogP contribution is -2.25. The third kappa shape index (κ3) is 9.43. The number of nitrogens with zero attached hydrogens (tertiary/aromatic N) is 4. The predicted octanol–water partition coefficient (Wildman–Crippen LogP) is 26.9. The molecule has 518 valence electrons. The molecule has 0 saturated carbocycles. The summed E-state index contributed by atoms with van der Waals surface area (Å²) in [6.45, 7) is 0. The van der Waals surface area contributed by atoms with Gasteiger partial charge >= 0.3 is 0 Å². The summed E-state index contributed by atoms with van der Waals surface area (Å²) >= 11 is 0. The Morgan fingerprint density at radius 3 is 1.05 bits per heavy atom. The molecule has 19 aromatic rings. The molecule has 4 aliphatic carbocycles. The van der Waals surface area contributed by atoms with Crippen LogP contribution in [0.5, 0.6) is 0 Å². The van der Waals surface area contributed by atoms with E-state index in [2.05, 4.69) is 400 Å². The summed E-state index contributed by atoms with van der Waals surface area (Å²) in [5, 5.41) is 4.46. The van der Waals surface area contributed by atoms with E-state index in [4.69, 9.17) is 19.9 Å². The van der Waals surface area contributed by atoms with E-state index in [1.165, 1.54) is 106 Å². The molecule has 23 rings (SSSR count). The summed E-state index contributed by atoms with van der Waals surface area (Å²) in [6, 6.07) is 147. The number of benzene rings is 17. The van der Waals surface area contributed by atoms with E-state index < -0.39 is 10.8 Å². The van der Waals surface area contributed by atoms with E-state index in [-0.39, 0.29) is 0 Å². The van der Waals surface area contributed by atoms with Crippen molar-refractivity contribution >= 4 is 21.5 Å². The van der Waals surface area contributed by atoms with Crippen molar-refractivity contribution in [3.63, 3.8) is 0 Å². The molecular weight excluding hydrogens is 1350 g/mol.